The van der Waals surface area contributed by atoms with Gasteiger partial charge in [0.2, 0.25) is 0 Å². The summed E-state index contributed by atoms with van der Waals surface area (Å²) >= 11 is 0. The number of aromatic nitrogens is 2. The molecule has 2 rings (SSSR count). The molecule has 0 unspecified atom stereocenters. The Morgan fingerprint density at radius 1 is 1.08 bits per heavy atom. The van der Waals surface area contributed by atoms with E-state index in [2.05, 4.69) is 20.0 Å². The first-order valence-corrected chi connectivity index (χ1v) is 4.32. The minimum Gasteiger partial charge on any atom is -0.256 e. The van der Waals surface area contributed by atoms with E-state index in [-0.39, 0.29) is 0 Å². The predicted molar refractivity (Wildman–Crippen MR) is 52.2 cm³/mol. The van der Waals surface area contributed by atoms with Crippen LogP contribution in [0.2, 0.25) is 0 Å². The zero-order chi connectivity index (χ0) is 8.93. The average molecular weight is 174 g/mol. The summed E-state index contributed by atoms with van der Waals surface area (Å²) < 4.78 is 0. The number of rotatable bonds is 0. The van der Waals surface area contributed by atoms with Crippen LogP contribution in [0.4, 0.5) is 11.5 Å². The minimum absolute atomic E-state index is 0.660. The lowest BCUT2D eigenvalue weighted by Crippen LogP contribution is -1.78. The highest BCUT2D eigenvalue weighted by atomic mass is 15.0. The molecule has 0 aromatic carbocycles. The zero-order valence-corrected chi connectivity index (χ0v) is 7.22. The maximum Gasteiger partial charge on any atom is 0.180 e. The van der Waals surface area contributed by atoms with Gasteiger partial charge in [-0.1, -0.05) is 0 Å². The Labute approximate surface area is 76.5 Å². The van der Waals surface area contributed by atoms with Crippen LogP contribution in [0.25, 0.3) is 0 Å². The number of fused-ring (bicyclic) bond motifs is 1. The molecule has 0 radical (unpaired) electrons. The first-order valence-electron chi connectivity index (χ1n) is 4.32. The topological polar surface area (TPSA) is 50.5 Å². The highest BCUT2D eigenvalue weighted by molar-refractivity contribution is 5.73. The molecule has 0 spiro atoms. The van der Waals surface area contributed by atoms with E-state index in [1.54, 1.807) is 6.20 Å². The molecule has 4 nitrogen and oxygen atoms in total. The summed E-state index contributed by atoms with van der Waals surface area (Å²) in [6.45, 7) is 0. The van der Waals surface area contributed by atoms with E-state index in [1.807, 2.05) is 12.4 Å². The van der Waals surface area contributed by atoms with Crippen molar-refractivity contribution in [1.29, 1.82) is 0 Å². The van der Waals surface area contributed by atoms with Crippen molar-refractivity contribution in [2.75, 3.05) is 0 Å². The maximum absolute atomic E-state index is 4.24. The van der Waals surface area contributed by atoms with Gasteiger partial charge in [-0.25, -0.2) is 15.0 Å². The number of hydrogen-bond acceptors (Lipinski definition) is 4. The molecule has 66 valence electrons. The molecule has 0 aliphatic carbocycles. The number of nitrogens with zero attached hydrogens (tertiary/aromatic N) is 4. The SMILES string of the molecule is C1=N\c2cncnc2/N=C\CCC/1. The van der Waals surface area contributed by atoms with E-state index < -0.39 is 0 Å². The molecule has 0 fully saturated rings. The van der Waals surface area contributed by atoms with Gasteiger partial charge in [0.05, 0.1) is 6.20 Å². The number of hydrogen-bond donors (Lipinski definition) is 0. The van der Waals surface area contributed by atoms with Crippen molar-refractivity contribution in [2.45, 2.75) is 19.3 Å². The van der Waals surface area contributed by atoms with Gasteiger partial charge < -0.3 is 0 Å². The van der Waals surface area contributed by atoms with Gasteiger partial charge in [-0.15, -0.1) is 0 Å². The number of aliphatic imine (C=N–C) groups is 2. The fraction of sp³-hybridized carbons (Fsp3) is 0.333. The van der Waals surface area contributed by atoms with Gasteiger partial charge in [0, 0.05) is 12.4 Å². The van der Waals surface area contributed by atoms with Crippen LogP contribution in [-0.2, 0) is 0 Å². The summed E-state index contributed by atoms with van der Waals surface area (Å²) in [6.07, 6.45) is 10.0. The van der Waals surface area contributed by atoms with Gasteiger partial charge >= 0.3 is 0 Å². The monoisotopic (exact) mass is 174 g/mol. The normalized spacial score (nSPS) is 20.6. The maximum atomic E-state index is 4.24. The first-order chi connectivity index (χ1) is 6.47. The van der Waals surface area contributed by atoms with Crippen molar-refractivity contribution in [1.82, 2.24) is 9.97 Å². The summed E-state index contributed by atoms with van der Waals surface area (Å²) in [6, 6.07) is 0. The Morgan fingerprint density at radius 3 is 2.85 bits per heavy atom. The van der Waals surface area contributed by atoms with E-state index in [0.29, 0.717) is 5.82 Å². The molecule has 1 aliphatic heterocycles. The van der Waals surface area contributed by atoms with Gasteiger partial charge in [-0.2, -0.15) is 0 Å². The Bertz CT molecular complexity index is 310. The van der Waals surface area contributed by atoms with E-state index >= 15 is 0 Å². The van der Waals surface area contributed by atoms with Crippen LogP contribution in [0.1, 0.15) is 19.3 Å². The Morgan fingerprint density at radius 2 is 1.92 bits per heavy atom. The van der Waals surface area contributed by atoms with Gasteiger partial charge in [0.1, 0.15) is 12.0 Å². The van der Waals surface area contributed by atoms with Crippen LogP contribution < -0.4 is 0 Å². The largest absolute Gasteiger partial charge is 0.256 e. The van der Waals surface area contributed by atoms with Gasteiger partial charge in [-0.05, 0) is 19.3 Å². The fourth-order valence-electron chi connectivity index (χ4n) is 1.12. The van der Waals surface area contributed by atoms with E-state index in [1.165, 1.54) is 6.33 Å². The highest BCUT2D eigenvalue weighted by Crippen LogP contribution is 2.23. The summed E-state index contributed by atoms with van der Waals surface area (Å²) in [5, 5.41) is 0. The van der Waals surface area contributed by atoms with Crippen molar-refractivity contribution in [3.8, 4) is 0 Å². The summed E-state index contributed by atoms with van der Waals surface area (Å²) in [5.74, 6) is 0.660. The lowest BCUT2D eigenvalue weighted by Gasteiger charge is -1.94. The third-order valence-corrected chi connectivity index (χ3v) is 1.78. The second-order valence-electron chi connectivity index (χ2n) is 2.79. The Kier molecular flexibility index (Phi) is 2.40. The van der Waals surface area contributed by atoms with Gasteiger partial charge in [0.15, 0.2) is 5.82 Å². The Hall–Kier alpha value is -1.58. The third-order valence-electron chi connectivity index (χ3n) is 1.78. The molecule has 13 heavy (non-hydrogen) atoms. The molecule has 0 saturated heterocycles. The average Bonchev–Trinajstić information content (AvgIpc) is 2.28. The van der Waals surface area contributed by atoms with Crippen molar-refractivity contribution < 1.29 is 0 Å². The second kappa shape index (κ2) is 3.89. The Balaban J connectivity index is 2.41. The highest BCUT2D eigenvalue weighted by Gasteiger charge is 1.99. The fourth-order valence-corrected chi connectivity index (χ4v) is 1.12. The van der Waals surface area contributed by atoms with Crippen LogP contribution in [0, 0.1) is 0 Å². The van der Waals surface area contributed by atoms with E-state index in [0.717, 1.165) is 24.9 Å². The van der Waals surface area contributed by atoms with Crippen molar-refractivity contribution in [2.24, 2.45) is 9.98 Å². The molecule has 0 amide bonds. The standard InChI is InChI=1S/C9H10N4/c1-2-4-11-8-6-10-7-13-9(8)12-5-3-1/h4-7H,1-3H2/b11-4-,12-5-. The van der Waals surface area contributed by atoms with Crippen LogP contribution >= 0.6 is 0 Å². The molecule has 2 heterocycles. The van der Waals surface area contributed by atoms with Crippen molar-refractivity contribution in [3.63, 3.8) is 0 Å². The second-order valence-corrected chi connectivity index (χ2v) is 2.79. The lowest BCUT2D eigenvalue weighted by molar-refractivity contribution is 0.946. The molecule has 0 saturated carbocycles. The molecule has 4 heteroatoms. The van der Waals surface area contributed by atoms with E-state index in [4.69, 9.17) is 0 Å². The molecular weight excluding hydrogens is 164 g/mol. The molecule has 1 aromatic rings. The van der Waals surface area contributed by atoms with Gasteiger partial charge in [0.25, 0.3) is 0 Å². The third kappa shape index (κ3) is 1.96. The smallest absolute Gasteiger partial charge is 0.180 e. The minimum atomic E-state index is 0.660. The van der Waals surface area contributed by atoms with Crippen LogP contribution in [0.3, 0.4) is 0 Å². The molecule has 1 aliphatic rings. The van der Waals surface area contributed by atoms with Crippen LogP contribution in [0.5, 0.6) is 0 Å². The quantitative estimate of drug-likeness (QED) is 0.604. The summed E-state index contributed by atoms with van der Waals surface area (Å²) in [4.78, 5) is 16.4. The zero-order valence-electron chi connectivity index (χ0n) is 7.22. The molecule has 0 atom stereocenters. The predicted octanol–water partition coefficient (Wildman–Crippen LogP) is 2.07. The van der Waals surface area contributed by atoms with E-state index in [9.17, 15) is 0 Å². The van der Waals surface area contributed by atoms with Gasteiger partial charge in [-0.3, -0.25) is 4.99 Å². The molecule has 0 bridgehead atoms. The van der Waals surface area contributed by atoms with Crippen molar-refractivity contribution >= 4 is 23.9 Å². The summed E-state index contributed by atoms with van der Waals surface area (Å²) in [5.41, 5.74) is 0.751. The van der Waals surface area contributed by atoms with Crippen LogP contribution in [-0.4, -0.2) is 22.4 Å². The summed E-state index contributed by atoms with van der Waals surface area (Å²) in [7, 11) is 0. The van der Waals surface area contributed by atoms with Crippen molar-refractivity contribution in [3.05, 3.63) is 12.5 Å². The van der Waals surface area contributed by atoms with Crippen LogP contribution in [0.15, 0.2) is 22.5 Å². The molecular formula is C9H10N4. The first kappa shape index (κ1) is 8.04. The molecule has 0 N–H and O–H groups in total. The lowest BCUT2D eigenvalue weighted by atomic mass is 10.3. The molecule has 1 aromatic heterocycles.